The maximum Gasteiger partial charge on any atom is 0.305 e. The summed E-state index contributed by atoms with van der Waals surface area (Å²) in [6.45, 7) is 0.599. The van der Waals surface area contributed by atoms with Crippen LogP contribution in [0.1, 0.15) is 44.9 Å². The summed E-state index contributed by atoms with van der Waals surface area (Å²) in [5.41, 5.74) is 5.65. The Hall–Kier alpha value is -0.570. The lowest BCUT2D eigenvalue weighted by Gasteiger charge is -2.15. The highest BCUT2D eigenvalue weighted by Gasteiger charge is 2.18. The first kappa shape index (κ1) is 12.5. The molecule has 15 heavy (non-hydrogen) atoms. The Kier molecular flexibility index (Phi) is 5.69. The minimum absolute atomic E-state index is 0.128. The highest BCUT2D eigenvalue weighted by Crippen LogP contribution is 2.30. The van der Waals surface area contributed by atoms with E-state index < -0.39 is 0 Å². The van der Waals surface area contributed by atoms with Gasteiger partial charge in [-0.3, -0.25) is 4.79 Å². The first-order valence-corrected chi connectivity index (χ1v) is 6.03. The first-order chi connectivity index (χ1) is 7.26. The maximum atomic E-state index is 11.1. The van der Waals surface area contributed by atoms with Gasteiger partial charge in [0.2, 0.25) is 0 Å². The van der Waals surface area contributed by atoms with E-state index in [9.17, 15) is 4.79 Å². The Morgan fingerprint density at radius 3 is 2.67 bits per heavy atom. The van der Waals surface area contributed by atoms with Crippen LogP contribution in [-0.2, 0) is 9.53 Å². The highest BCUT2D eigenvalue weighted by atomic mass is 16.5. The summed E-state index contributed by atoms with van der Waals surface area (Å²) < 4.78 is 4.66. The number of rotatable bonds is 6. The Morgan fingerprint density at radius 1 is 1.47 bits per heavy atom. The number of ether oxygens (including phenoxy) is 1. The molecule has 1 saturated carbocycles. The predicted octanol–water partition coefficient (Wildman–Crippen LogP) is 2.09. The van der Waals surface area contributed by atoms with E-state index in [4.69, 9.17) is 5.73 Å². The van der Waals surface area contributed by atoms with Crippen LogP contribution >= 0.6 is 0 Å². The van der Waals surface area contributed by atoms with Crippen LogP contribution in [0.3, 0.4) is 0 Å². The molecule has 1 rings (SSSR count). The van der Waals surface area contributed by atoms with E-state index in [1.807, 2.05) is 0 Å². The normalized spacial score (nSPS) is 19.1. The fraction of sp³-hybridized carbons (Fsp3) is 0.917. The van der Waals surface area contributed by atoms with E-state index in [1.54, 1.807) is 0 Å². The smallest absolute Gasteiger partial charge is 0.305 e. The van der Waals surface area contributed by atoms with Crippen LogP contribution < -0.4 is 5.73 Å². The van der Waals surface area contributed by atoms with Crippen molar-refractivity contribution in [3.63, 3.8) is 0 Å². The SMILES string of the molecule is COC(=O)CC(CN)CCC1CCCC1. The van der Waals surface area contributed by atoms with Gasteiger partial charge >= 0.3 is 5.97 Å². The minimum atomic E-state index is -0.128. The van der Waals surface area contributed by atoms with E-state index in [-0.39, 0.29) is 5.97 Å². The zero-order chi connectivity index (χ0) is 11.1. The van der Waals surface area contributed by atoms with E-state index in [0.29, 0.717) is 18.9 Å². The van der Waals surface area contributed by atoms with Gasteiger partial charge in [0.25, 0.3) is 0 Å². The van der Waals surface area contributed by atoms with Crippen molar-refractivity contribution in [2.45, 2.75) is 44.9 Å². The van der Waals surface area contributed by atoms with Crippen molar-refractivity contribution in [1.29, 1.82) is 0 Å². The number of hydrogen-bond acceptors (Lipinski definition) is 3. The average Bonchev–Trinajstić information content (AvgIpc) is 2.76. The van der Waals surface area contributed by atoms with Crippen LogP contribution in [0, 0.1) is 11.8 Å². The second-order valence-corrected chi connectivity index (χ2v) is 4.61. The molecular weight excluding hydrogens is 190 g/mol. The van der Waals surface area contributed by atoms with Crippen molar-refractivity contribution >= 4 is 5.97 Å². The molecule has 0 aliphatic heterocycles. The molecule has 1 aliphatic rings. The van der Waals surface area contributed by atoms with Crippen molar-refractivity contribution in [2.24, 2.45) is 17.6 Å². The van der Waals surface area contributed by atoms with E-state index in [2.05, 4.69) is 4.74 Å². The quantitative estimate of drug-likeness (QED) is 0.687. The largest absolute Gasteiger partial charge is 0.469 e. The molecule has 0 bridgehead atoms. The number of carbonyl (C=O) groups excluding carboxylic acids is 1. The van der Waals surface area contributed by atoms with Crippen LogP contribution in [0.2, 0.25) is 0 Å². The molecule has 3 heteroatoms. The third-order valence-corrected chi connectivity index (χ3v) is 3.47. The molecule has 0 radical (unpaired) electrons. The second kappa shape index (κ2) is 6.83. The van der Waals surface area contributed by atoms with Crippen molar-refractivity contribution in [1.82, 2.24) is 0 Å². The molecule has 0 heterocycles. The lowest BCUT2D eigenvalue weighted by atomic mass is 9.93. The molecule has 0 aromatic rings. The molecule has 1 aliphatic carbocycles. The van der Waals surface area contributed by atoms with Gasteiger partial charge < -0.3 is 10.5 Å². The van der Waals surface area contributed by atoms with Gasteiger partial charge in [0.1, 0.15) is 0 Å². The number of esters is 1. The fourth-order valence-corrected chi connectivity index (χ4v) is 2.39. The molecule has 1 fully saturated rings. The number of carbonyl (C=O) groups is 1. The van der Waals surface area contributed by atoms with Crippen molar-refractivity contribution < 1.29 is 9.53 Å². The Labute approximate surface area is 92.4 Å². The summed E-state index contributed by atoms with van der Waals surface area (Å²) in [7, 11) is 1.44. The number of methoxy groups -OCH3 is 1. The fourth-order valence-electron chi connectivity index (χ4n) is 2.39. The topological polar surface area (TPSA) is 52.3 Å². The maximum absolute atomic E-state index is 11.1. The number of nitrogens with two attached hydrogens (primary N) is 1. The standard InChI is InChI=1S/C12H23NO2/c1-15-12(14)8-11(9-13)7-6-10-4-2-3-5-10/h10-11H,2-9,13H2,1H3. The van der Waals surface area contributed by atoms with Crippen LogP contribution in [0.4, 0.5) is 0 Å². The zero-order valence-electron chi connectivity index (χ0n) is 9.71. The molecule has 0 spiro atoms. The van der Waals surface area contributed by atoms with Crippen LogP contribution in [-0.4, -0.2) is 19.6 Å². The molecule has 1 atom stereocenters. The van der Waals surface area contributed by atoms with Gasteiger partial charge in [-0.2, -0.15) is 0 Å². The summed E-state index contributed by atoms with van der Waals surface area (Å²) in [5.74, 6) is 1.08. The molecule has 2 N–H and O–H groups in total. The molecule has 88 valence electrons. The second-order valence-electron chi connectivity index (χ2n) is 4.61. The van der Waals surface area contributed by atoms with E-state index in [1.165, 1.54) is 39.2 Å². The highest BCUT2D eigenvalue weighted by molar-refractivity contribution is 5.69. The third kappa shape index (κ3) is 4.65. The van der Waals surface area contributed by atoms with E-state index >= 15 is 0 Å². The molecule has 0 aromatic carbocycles. The Morgan fingerprint density at radius 2 is 2.13 bits per heavy atom. The van der Waals surface area contributed by atoms with Crippen molar-refractivity contribution in [3.8, 4) is 0 Å². The summed E-state index contributed by atoms with van der Waals surface area (Å²) in [6, 6.07) is 0. The number of hydrogen-bond donors (Lipinski definition) is 1. The van der Waals surface area contributed by atoms with Gasteiger partial charge in [0, 0.05) is 6.42 Å². The molecule has 1 unspecified atom stereocenters. The van der Waals surface area contributed by atoms with Crippen LogP contribution in [0.5, 0.6) is 0 Å². The van der Waals surface area contributed by atoms with Gasteiger partial charge in [-0.15, -0.1) is 0 Å². The third-order valence-electron chi connectivity index (χ3n) is 3.47. The van der Waals surface area contributed by atoms with Gasteiger partial charge in [-0.05, 0) is 24.8 Å². The summed E-state index contributed by atoms with van der Waals surface area (Å²) >= 11 is 0. The van der Waals surface area contributed by atoms with Gasteiger partial charge in [0.15, 0.2) is 0 Å². The van der Waals surface area contributed by atoms with Crippen molar-refractivity contribution in [3.05, 3.63) is 0 Å². The minimum Gasteiger partial charge on any atom is -0.469 e. The van der Waals surface area contributed by atoms with E-state index in [0.717, 1.165) is 12.3 Å². The lowest BCUT2D eigenvalue weighted by molar-refractivity contribution is -0.141. The average molecular weight is 213 g/mol. The van der Waals surface area contributed by atoms with Gasteiger partial charge in [-0.1, -0.05) is 32.1 Å². The molecular formula is C12H23NO2. The van der Waals surface area contributed by atoms with Gasteiger partial charge in [0.05, 0.1) is 7.11 Å². The zero-order valence-corrected chi connectivity index (χ0v) is 9.71. The Balaban J connectivity index is 2.17. The summed E-state index contributed by atoms with van der Waals surface area (Å²) in [4.78, 5) is 11.1. The predicted molar refractivity (Wildman–Crippen MR) is 60.4 cm³/mol. The first-order valence-electron chi connectivity index (χ1n) is 6.03. The summed E-state index contributed by atoms with van der Waals surface area (Å²) in [6.07, 6.45) is 8.31. The molecule has 0 aromatic heterocycles. The monoisotopic (exact) mass is 213 g/mol. The van der Waals surface area contributed by atoms with Gasteiger partial charge in [-0.25, -0.2) is 0 Å². The Bertz CT molecular complexity index is 188. The van der Waals surface area contributed by atoms with Crippen molar-refractivity contribution in [2.75, 3.05) is 13.7 Å². The summed E-state index contributed by atoms with van der Waals surface area (Å²) in [5, 5.41) is 0. The molecule has 3 nitrogen and oxygen atoms in total. The lowest BCUT2D eigenvalue weighted by Crippen LogP contribution is -2.19. The molecule has 0 saturated heterocycles. The van der Waals surface area contributed by atoms with Crippen LogP contribution in [0.15, 0.2) is 0 Å². The molecule has 0 amide bonds. The van der Waals surface area contributed by atoms with Crippen LogP contribution in [0.25, 0.3) is 0 Å².